The number of aryl methyl sites for hydroxylation is 1. The standard InChI is InChI=1S/C19H27NO/c1-4-18-16(15-9-5-6-11-19(15)21-18)12-20-17-10-7-8-13(2)14(17)3/h5-6,9,11,13-14,17,20H,4,7-8,10,12H2,1-3H3. The van der Waals surface area contributed by atoms with Gasteiger partial charge >= 0.3 is 0 Å². The summed E-state index contributed by atoms with van der Waals surface area (Å²) in [7, 11) is 0. The molecule has 0 bridgehead atoms. The highest BCUT2D eigenvalue weighted by molar-refractivity contribution is 5.82. The maximum absolute atomic E-state index is 6.00. The molecule has 0 aliphatic heterocycles. The number of hydrogen-bond donors (Lipinski definition) is 1. The highest BCUT2D eigenvalue weighted by Gasteiger charge is 2.27. The zero-order valence-corrected chi connectivity index (χ0v) is 13.5. The summed E-state index contributed by atoms with van der Waals surface area (Å²) < 4.78 is 6.00. The second-order valence-electron chi connectivity index (χ2n) is 6.61. The molecule has 1 heterocycles. The van der Waals surface area contributed by atoms with E-state index in [4.69, 9.17) is 4.42 Å². The summed E-state index contributed by atoms with van der Waals surface area (Å²) in [5.41, 5.74) is 2.38. The molecule has 21 heavy (non-hydrogen) atoms. The Morgan fingerprint density at radius 3 is 2.81 bits per heavy atom. The zero-order chi connectivity index (χ0) is 14.8. The van der Waals surface area contributed by atoms with Crippen LogP contribution in [-0.4, -0.2) is 6.04 Å². The molecular formula is C19H27NO. The molecule has 1 aliphatic rings. The molecule has 3 unspecified atom stereocenters. The van der Waals surface area contributed by atoms with Crippen LogP contribution in [0.15, 0.2) is 28.7 Å². The molecule has 0 spiro atoms. The topological polar surface area (TPSA) is 25.2 Å². The Bertz CT molecular complexity index is 601. The summed E-state index contributed by atoms with van der Waals surface area (Å²) in [6, 6.07) is 9.05. The van der Waals surface area contributed by atoms with Crippen LogP contribution in [0, 0.1) is 11.8 Å². The van der Waals surface area contributed by atoms with Gasteiger partial charge in [-0.15, -0.1) is 0 Å². The van der Waals surface area contributed by atoms with Gasteiger partial charge in [0.25, 0.3) is 0 Å². The number of para-hydroxylation sites is 1. The van der Waals surface area contributed by atoms with E-state index in [2.05, 4.69) is 44.3 Å². The minimum Gasteiger partial charge on any atom is -0.461 e. The Morgan fingerprint density at radius 2 is 2.00 bits per heavy atom. The molecule has 1 aliphatic carbocycles. The molecule has 3 rings (SSSR count). The summed E-state index contributed by atoms with van der Waals surface area (Å²) in [6.07, 6.45) is 5.01. The van der Waals surface area contributed by atoms with Gasteiger partial charge in [-0.3, -0.25) is 0 Å². The van der Waals surface area contributed by atoms with Crippen molar-refractivity contribution in [2.24, 2.45) is 11.8 Å². The van der Waals surface area contributed by atoms with Gasteiger partial charge in [0.05, 0.1) is 0 Å². The lowest BCUT2D eigenvalue weighted by atomic mass is 9.78. The Morgan fingerprint density at radius 1 is 1.19 bits per heavy atom. The van der Waals surface area contributed by atoms with Crippen molar-refractivity contribution >= 4 is 11.0 Å². The fourth-order valence-electron chi connectivity index (χ4n) is 3.73. The van der Waals surface area contributed by atoms with E-state index in [1.807, 2.05) is 6.07 Å². The number of rotatable bonds is 4. The van der Waals surface area contributed by atoms with Gasteiger partial charge in [-0.1, -0.05) is 51.8 Å². The minimum absolute atomic E-state index is 0.645. The van der Waals surface area contributed by atoms with Gasteiger partial charge in [-0.2, -0.15) is 0 Å². The Hall–Kier alpha value is -1.28. The Balaban J connectivity index is 1.78. The van der Waals surface area contributed by atoms with Gasteiger partial charge in [0.1, 0.15) is 11.3 Å². The Labute approximate surface area is 127 Å². The second-order valence-corrected chi connectivity index (χ2v) is 6.61. The van der Waals surface area contributed by atoms with Crippen LogP contribution in [0.4, 0.5) is 0 Å². The number of nitrogens with one attached hydrogen (secondary N) is 1. The van der Waals surface area contributed by atoms with Gasteiger partial charge in [-0.25, -0.2) is 0 Å². The molecule has 0 amide bonds. The lowest BCUT2D eigenvalue weighted by molar-refractivity contribution is 0.206. The SMILES string of the molecule is CCc1oc2ccccc2c1CNC1CCCC(C)C1C. The first-order chi connectivity index (χ1) is 10.2. The normalized spacial score (nSPS) is 26.3. The molecule has 0 radical (unpaired) electrons. The minimum atomic E-state index is 0.645. The van der Waals surface area contributed by atoms with Crippen molar-refractivity contribution in [1.29, 1.82) is 0 Å². The molecule has 1 fully saturated rings. The maximum Gasteiger partial charge on any atom is 0.134 e. The average molecular weight is 285 g/mol. The lowest BCUT2D eigenvalue weighted by Crippen LogP contribution is -2.40. The first-order valence-electron chi connectivity index (χ1n) is 8.43. The van der Waals surface area contributed by atoms with E-state index in [1.54, 1.807) is 0 Å². The van der Waals surface area contributed by atoms with Crippen LogP contribution < -0.4 is 5.32 Å². The van der Waals surface area contributed by atoms with Gasteiger partial charge < -0.3 is 9.73 Å². The van der Waals surface area contributed by atoms with Crippen LogP contribution in [0.2, 0.25) is 0 Å². The fourth-order valence-corrected chi connectivity index (χ4v) is 3.73. The zero-order valence-electron chi connectivity index (χ0n) is 13.5. The van der Waals surface area contributed by atoms with Crippen molar-refractivity contribution < 1.29 is 4.42 Å². The maximum atomic E-state index is 6.00. The van der Waals surface area contributed by atoms with E-state index in [9.17, 15) is 0 Å². The van der Waals surface area contributed by atoms with E-state index >= 15 is 0 Å². The van der Waals surface area contributed by atoms with E-state index in [1.165, 1.54) is 30.2 Å². The van der Waals surface area contributed by atoms with Gasteiger partial charge in [0.15, 0.2) is 0 Å². The fraction of sp³-hybridized carbons (Fsp3) is 0.579. The van der Waals surface area contributed by atoms with Crippen LogP contribution in [0.25, 0.3) is 11.0 Å². The highest BCUT2D eigenvalue weighted by Crippen LogP contribution is 2.31. The molecule has 114 valence electrons. The number of hydrogen-bond acceptors (Lipinski definition) is 2. The molecule has 1 N–H and O–H groups in total. The summed E-state index contributed by atoms with van der Waals surface area (Å²) in [4.78, 5) is 0. The van der Waals surface area contributed by atoms with E-state index in [0.29, 0.717) is 6.04 Å². The average Bonchev–Trinajstić information content (AvgIpc) is 2.86. The van der Waals surface area contributed by atoms with Crippen LogP contribution in [0.3, 0.4) is 0 Å². The molecule has 1 aromatic carbocycles. The third-order valence-corrected chi connectivity index (χ3v) is 5.35. The molecule has 1 saturated carbocycles. The van der Waals surface area contributed by atoms with Gasteiger partial charge in [0.2, 0.25) is 0 Å². The van der Waals surface area contributed by atoms with Crippen LogP contribution in [0.5, 0.6) is 0 Å². The predicted octanol–water partition coefficient (Wildman–Crippen LogP) is 4.91. The number of furan rings is 1. The van der Waals surface area contributed by atoms with Crippen molar-refractivity contribution in [3.63, 3.8) is 0 Å². The molecule has 2 heteroatoms. The monoisotopic (exact) mass is 285 g/mol. The summed E-state index contributed by atoms with van der Waals surface area (Å²) in [6.45, 7) is 7.90. The quantitative estimate of drug-likeness (QED) is 0.863. The number of benzene rings is 1. The largest absolute Gasteiger partial charge is 0.461 e. The second kappa shape index (κ2) is 6.23. The summed E-state index contributed by atoms with van der Waals surface area (Å²) in [5, 5.41) is 5.09. The summed E-state index contributed by atoms with van der Waals surface area (Å²) in [5.74, 6) is 2.74. The van der Waals surface area contributed by atoms with E-state index in [-0.39, 0.29) is 0 Å². The van der Waals surface area contributed by atoms with E-state index in [0.717, 1.165) is 36.1 Å². The molecule has 2 nitrogen and oxygen atoms in total. The van der Waals surface area contributed by atoms with Crippen molar-refractivity contribution in [2.45, 2.75) is 59.0 Å². The van der Waals surface area contributed by atoms with Crippen molar-refractivity contribution in [3.05, 3.63) is 35.6 Å². The molecule has 3 atom stereocenters. The molecule has 2 aromatic rings. The van der Waals surface area contributed by atoms with Gasteiger partial charge in [-0.05, 0) is 24.3 Å². The first kappa shape index (κ1) is 14.6. The van der Waals surface area contributed by atoms with Crippen molar-refractivity contribution in [2.75, 3.05) is 0 Å². The third-order valence-electron chi connectivity index (χ3n) is 5.35. The summed E-state index contributed by atoms with van der Waals surface area (Å²) >= 11 is 0. The molecule has 0 saturated heterocycles. The third kappa shape index (κ3) is 2.87. The van der Waals surface area contributed by atoms with E-state index < -0.39 is 0 Å². The van der Waals surface area contributed by atoms with Crippen LogP contribution in [-0.2, 0) is 13.0 Å². The highest BCUT2D eigenvalue weighted by atomic mass is 16.3. The van der Waals surface area contributed by atoms with Crippen LogP contribution >= 0.6 is 0 Å². The smallest absolute Gasteiger partial charge is 0.134 e. The number of fused-ring (bicyclic) bond motifs is 1. The Kier molecular flexibility index (Phi) is 4.34. The predicted molar refractivity (Wildman–Crippen MR) is 88.4 cm³/mol. The van der Waals surface area contributed by atoms with Crippen molar-refractivity contribution in [3.8, 4) is 0 Å². The first-order valence-corrected chi connectivity index (χ1v) is 8.43. The van der Waals surface area contributed by atoms with Gasteiger partial charge in [0, 0.05) is 30.0 Å². The van der Waals surface area contributed by atoms with Crippen molar-refractivity contribution in [1.82, 2.24) is 5.32 Å². The molecule has 1 aromatic heterocycles. The lowest BCUT2D eigenvalue weighted by Gasteiger charge is -2.34. The van der Waals surface area contributed by atoms with Crippen LogP contribution in [0.1, 0.15) is 51.4 Å². The molecular weight excluding hydrogens is 258 g/mol.